The SMILES string of the molecule is CNC(=O)COc1ccc(COC(=O)C(Cc2ccc(Br)cc2)c2ccc(OC)c([N+](=O)[O-])c2)cc1. The van der Waals surface area contributed by atoms with E-state index in [0.29, 0.717) is 17.7 Å². The molecule has 1 amide bonds. The van der Waals surface area contributed by atoms with E-state index in [4.69, 9.17) is 14.2 Å². The third kappa shape index (κ3) is 7.29. The number of amides is 1. The van der Waals surface area contributed by atoms with Gasteiger partial charge >= 0.3 is 11.7 Å². The van der Waals surface area contributed by atoms with Crippen molar-refractivity contribution < 1.29 is 28.7 Å². The van der Waals surface area contributed by atoms with Crippen molar-refractivity contribution in [3.63, 3.8) is 0 Å². The summed E-state index contributed by atoms with van der Waals surface area (Å²) in [6, 6.07) is 18.8. The van der Waals surface area contributed by atoms with Crippen molar-refractivity contribution in [2.75, 3.05) is 20.8 Å². The summed E-state index contributed by atoms with van der Waals surface area (Å²) in [6.45, 7) is -0.0970. The van der Waals surface area contributed by atoms with Crippen molar-refractivity contribution in [3.8, 4) is 11.5 Å². The molecule has 0 saturated carbocycles. The number of nitro groups is 1. The third-order valence-electron chi connectivity index (χ3n) is 5.39. The van der Waals surface area contributed by atoms with Crippen LogP contribution in [0.5, 0.6) is 11.5 Å². The minimum absolute atomic E-state index is 0.00362. The minimum Gasteiger partial charge on any atom is -0.490 e. The van der Waals surface area contributed by atoms with Gasteiger partial charge in [0.25, 0.3) is 5.91 Å². The van der Waals surface area contributed by atoms with Gasteiger partial charge in [0, 0.05) is 17.6 Å². The first-order chi connectivity index (χ1) is 17.3. The van der Waals surface area contributed by atoms with Crippen molar-refractivity contribution in [1.29, 1.82) is 0 Å². The van der Waals surface area contributed by atoms with Crippen LogP contribution in [0, 0.1) is 10.1 Å². The van der Waals surface area contributed by atoms with Gasteiger partial charge in [0.15, 0.2) is 12.4 Å². The zero-order valence-electron chi connectivity index (χ0n) is 19.7. The molecule has 36 heavy (non-hydrogen) atoms. The van der Waals surface area contributed by atoms with Gasteiger partial charge in [-0.2, -0.15) is 0 Å². The normalized spacial score (nSPS) is 11.3. The number of ether oxygens (including phenoxy) is 3. The molecule has 0 bridgehead atoms. The summed E-state index contributed by atoms with van der Waals surface area (Å²) in [4.78, 5) is 35.5. The molecule has 188 valence electrons. The number of halogens is 1. The van der Waals surface area contributed by atoms with Gasteiger partial charge in [-0.05, 0) is 53.4 Å². The fourth-order valence-electron chi connectivity index (χ4n) is 3.42. The molecule has 0 heterocycles. The van der Waals surface area contributed by atoms with Crippen LogP contribution in [0.4, 0.5) is 5.69 Å². The lowest BCUT2D eigenvalue weighted by atomic mass is 9.91. The molecule has 1 N–H and O–H groups in total. The Morgan fingerprint density at radius 1 is 1.03 bits per heavy atom. The summed E-state index contributed by atoms with van der Waals surface area (Å²) in [6.07, 6.45) is 0.294. The molecule has 0 radical (unpaired) electrons. The Morgan fingerprint density at radius 3 is 2.31 bits per heavy atom. The Morgan fingerprint density at radius 2 is 1.69 bits per heavy atom. The molecule has 0 aliphatic heterocycles. The number of nitrogens with zero attached hydrogens (tertiary/aromatic N) is 1. The van der Waals surface area contributed by atoms with E-state index in [-0.39, 0.29) is 30.6 Å². The van der Waals surface area contributed by atoms with Gasteiger partial charge in [-0.1, -0.05) is 46.3 Å². The van der Waals surface area contributed by atoms with Gasteiger partial charge in [0.2, 0.25) is 0 Å². The summed E-state index contributed by atoms with van der Waals surface area (Å²) < 4.78 is 17.0. The zero-order valence-corrected chi connectivity index (χ0v) is 21.3. The summed E-state index contributed by atoms with van der Waals surface area (Å²) in [5, 5.41) is 14.0. The number of carbonyl (C=O) groups is 2. The largest absolute Gasteiger partial charge is 0.490 e. The van der Waals surface area contributed by atoms with Gasteiger partial charge in [-0.25, -0.2) is 0 Å². The number of nitrogens with one attached hydrogen (secondary N) is 1. The summed E-state index contributed by atoms with van der Waals surface area (Å²) in [5.74, 6) is -0.919. The summed E-state index contributed by atoms with van der Waals surface area (Å²) in [7, 11) is 2.88. The van der Waals surface area contributed by atoms with Crippen LogP contribution >= 0.6 is 15.9 Å². The van der Waals surface area contributed by atoms with Crippen LogP contribution in [0.25, 0.3) is 0 Å². The van der Waals surface area contributed by atoms with Crippen molar-refractivity contribution in [3.05, 3.63) is 98.0 Å². The lowest BCUT2D eigenvalue weighted by Gasteiger charge is -2.17. The van der Waals surface area contributed by atoms with E-state index in [0.717, 1.165) is 15.6 Å². The van der Waals surface area contributed by atoms with E-state index in [2.05, 4.69) is 21.2 Å². The smallest absolute Gasteiger partial charge is 0.314 e. The van der Waals surface area contributed by atoms with E-state index in [1.807, 2.05) is 24.3 Å². The van der Waals surface area contributed by atoms with Crippen LogP contribution in [-0.2, 0) is 27.4 Å². The van der Waals surface area contributed by atoms with E-state index >= 15 is 0 Å². The highest BCUT2D eigenvalue weighted by Gasteiger charge is 2.26. The monoisotopic (exact) mass is 556 g/mol. The molecular formula is C26H25BrN2O7. The van der Waals surface area contributed by atoms with E-state index in [1.165, 1.54) is 26.3 Å². The molecule has 10 heteroatoms. The molecule has 0 aromatic heterocycles. The quantitative estimate of drug-likeness (QED) is 0.209. The van der Waals surface area contributed by atoms with E-state index in [9.17, 15) is 19.7 Å². The number of hydrogen-bond acceptors (Lipinski definition) is 7. The molecule has 3 aromatic rings. The maximum Gasteiger partial charge on any atom is 0.314 e. The van der Waals surface area contributed by atoms with Crippen LogP contribution in [0.1, 0.15) is 22.6 Å². The van der Waals surface area contributed by atoms with Gasteiger partial charge in [0.05, 0.1) is 18.0 Å². The Labute approximate surface area is 216 Å². The highest BCUT2D eigenvalue weighted by molar-refractivity contribution is 9.10. The Hall–Kier alpha value is -3.92. The molecule has 0 spiro atoms. The molecule has 3 aromatic carbocycles. The molecule has 0 fully saturated rings. The lowest BCUT2D eigenvalue weighted by molar-refractivity contribution is -0.385. The van der Waals surface area contributed by atoms with Gasteiger partial charge in [-0.3, -0.25) is 19.7 Å². The number of likely N-dealkylation sites (N-methyl/N-ethyl adjacent to an activating group) is 1. The van der Waals surface area contributed by atoms with E-state index < -0.39 is 16.8 Å². The minimum atomic E-state index is -0.772. The first-order valence-corrected chi connectivity index (χ1v) is 11.8. The van der Waals surface area contributed by atoms with Crippen molar-refractivity contribution in [2.24, 2.45) is 0 Å². The fourth-order valence-corrected chi connectivity index (χ4v) is 3.68. The molecular weight excluding hydrogens is 532 g/mol. The second-order valence-corrected chi connectivity index (χ2v) is 8.70. The standard InChI is InChI=1S/C26H25BrN2O7/c1-28-25(30)16-35-21-10-5-18(6-11-21)15-36-26(31)22(13-17-3-8-20(27)9-4-17)19-7-12-24(34-2)23(14-19)29(32)33/h3-12,14,22H,13,15-16H2,1-2H3,(H,28,30). The van der Waals surface area contributed by atoms with Crippen molar-refractivity contribution in [2.45, 2.75) is 18.9 Å². The number of hydrogen-bond donors (Lipinski definition) is 1. The van der Waals surface area contributed by atoms with Crippen LogP contribution in [0.15, 0.2) is 71.2 Å². The topological polar surface area (TPSA) is 117 Å². The Bertz CT molecular complexity index is 1210. The number of esters is 1. The Balaban J connectivity index is 1.77. The predicted molar refractivity (Wildman–Crippen MR) is 136 cm³/mol. The average Bonchev–Trinajstić information content (AvgIpc) is 2.90. The number of carbonyl (C=O) groups excluding carboxylic acids is 2. The average molecular weight is 557 g/mol. The van der Waals surface area contributed by atoms with Crippen LogP contribution in [0.2, 0.25) is 0 Å². The maximum absolute atomic E-state index is 13.2. The summed E-state index contributed by atoms with van der Waals surface area (Å²) in [5.41, 5.74) is 1.82. The van der Waals surface area contributed by atoms with Gasteiger partial charge in [0.1, 0.15) is 12.4 Å². The second-order valence-electron chi connectivity index (χ2n) is 7.79. The third-order valence-corrected chi connectivity index (χ3v) is 5.92. The van der Waals surface area contributed by atoms with Gasteiger partial charge in [-0.15, -0.1) is 0 Å². The zero-order chi connectivity index (χ0) is 26.1. The number of nitro benzene ring substituents is 1. The molecule has 1 atom stereocenters. The number of methoxy groups -OCH3 is 1. The molecule has 3 rings (SSSR count). The van der Waals surface area contributed by atoms with Crippen LogP contribution in [-0.4, -0.2) is 37.6 Å². The molecule has 9 nitrogen and oxygen atoms in total. The van der Waals surface area contributed by atoms with Crippen molar-refractivity contribution in [1.82, 2.24) is 5.32 Å². The van der Waals surface area contributed by atoms with Crippen molar-refractivity contribution >= 4 is 33.5 Å². The first kappa shape index (κ1) is 26.7. The highest BCUT2D eigenvalue weighted by atomic mass is 79.9. The fraction of sp³-hybridized carbons (Fsp3) is 0.231. The van der Waals surface area contributed by atoms with Gasteiger partial charge < -0.3 is 19.5 Å². The summed E-state index contributed by atoms with van der Waals surface area (Å²) >= 11 is 3.39. The molecule has 0 aliphatic rings. The van der Waals surface area contributed by atoms with E-state index in [1.54, 1.807) is 30.3 Å². The highest BCUT2D eigenvalue weighted by Crippen LogP contribution is 2.33. The predicted octanol–water partition coefficient (Wildman–Crippen LogP) is 4.56. The van der Waals surface area contributed by atoms with Crippen LogP contribution < -0.4 is 14.8 Å². The number of benzene rings is 3. The molecule has 1 unspecified atom stereocenters. The second kappa shape index (κ2) is 12.7. The Kier molecular flexibility index (Phi) is 9.40. The maximum atomic E-state index is 13.2. The molecule has 0 aliphatic carbocycles. The van der Waals surface area contributed by atoms with Crippen LogP contribution in [0.3, 0.4) is 0 Å². The number of rotatable bonds is 11. The molecule has 0 saturated heterocycles. The first-order valence-electron chi connectivity index (χ1n) is 11.0. The lowest BCUT2D eigenvalue weighted by Crippen LogP contribution is -2.24.